The van der Waals surface area contributed by atoms with Gasteiger partial charge in [0.25, 0.3) is 0 Å². The van der Waals surface area contributed by atoms with Gasteiger partial charge in [0.2, 0.25) is 0 Å². The fraction of sp³-hybridized carbons (Fsp3) is 0.714. The molecule has 0 heterocycles. The number of carbonyl (C=O) groups is 2. The number of methoxy groups -OCH3 is 1. The minimum Gasteiger partial charge on any atom is -0.469 e. The summed E-state index contributed by atoms with van der Waals surface area (Å²) in [5.41, 5.74) is 5.36. The van der Waals surface area contributed by atoms with Crippen molar-refractivity contribution >= 4 is 11.8 Å². The molecule has 0 spiro atoms. The second kappa shape index (κ2) is 4.85. The lowest BCUT2D eigenvalue weighted by Crippen LogP contribution is -2.28. The Kier molecular flexibility index (Phi) is 4.45. The molecule has 0 aliphatic carbocycles. The van der Waals surface area contributed by atoms with Crippen LogP contribution < -0.4 is 5.73 Å². The molecule has 0 aromatic carbocycles. The van der Waals surface area contributed by atoms with Crippen LogP contribution in [-0.4, -0.2) is 24.9 Å². The standard InChI is InChI=1S/C7H13NO3/c1-5(9)6(8)3-4-7(10)11-2/h6H,3-4,8H2,1-2H3. The Morgan fingerprint density at radius 1 is 1.55 bits per heavy atom. The highest BCUT2D eigenvalue weighted by Crippen LogP contribution is 1.96. The van der Waals surface area contributed by atoms with E-state index in [1.54, 1.807) is 0 Å². The van der Waals surface area contributed by atoms with Crippen LogP contribution >= 0.6 is 0 Å². The summed E-state index contributed by atoms with van der Waals surface area (Å²) in [7, 11) is 1.31. The zero-order chi connectivity index (χ0) is 8.85. The molecule has 1 atom stereocenters. The van der Waals surface area contributed by atoms with Crippen LogP contribution in [0.15, 0.2) is 0 Å². The average molecular weight is 159 g/mol. The number of nitrogens with two attached hydrogens (primary N) is 1. The lowest BCUT2D eigenvalue weighted by Gasteiger charge is -2.04. The molecule has 11 heavy (non-hydrogen) atoms. The van der Waals surface area contributed by atoms with Crippen LogP contribution in [0.25, 0.3) is 0 Å². The third kappa shape index (κ3) is 4.50. The zero-order valence-electron chi connectivity index (χ0n) is 6.79. The summed E-state index contributed by atoms with van der Waals surface area (Å²) in [5.74, 6) is -0.435. The maximum Gasteiger partial charge on any atom is 0.305 e. The summed E-state index contributed by atoms with van der Waals surface area (Å²) in [6.07, 6.45) is 0.569. The van der Waals surface area contributed by atoms with Crippen LogP contribution in [0, 0.1) is 0 Å². The molecule has 0 aromatic heterocycles. The lowest BCUT2D eigenvalue weighted by atomic mass is 10.1. The second-order valence-electron chi connectivity index (χ2n) is 2.33. The molecule has 64 valence electrons. The number of Topliss-reactive ketones (excluding diaryl/α,β-unsaturated/α-hetero) is 1. The van der Waals surface area contributed by atoms with Crippen molar-refractivity contribution in [1.29, 1.82) is 0 Å². The molecular formula is C7H13NO3. The van der Waals surface area contributed by atoms with Crippen molar-refractivity contribution in [2.24, 2.45) is 5.73 Å². The minimum absolute atomic E-state index is 0.103. The minimum atomic E-state index is -0.533. The van der Waals surface area contributed by atoms with Crippen LogP contribution in [0.1, 0.15) is 19.8 Å². The van der Waals surface area contributed by atoms with Gasteiger partial charge >= 0.3 is 5.97 Å². The number of ether oxygens (including phenoxy) is 1. The first kappa shape index (κ1) is 10.1. The van der Waals surface area contributed by atoms with Gasteiger partial charge in [-0.15, -0.1) is 0 Å². The van der Waals surface area contributed by atoms with Gasteiger partial charge in [-0.2, -0.15) is 0 Å². The van der Waals surface area contributed by atoms with Gasteiger partial charge in [-0.05, 0) is 13.3 Å². The second-order valence-corrected chi connectivity index (χ2v) is 2.33. The van der Waals surface area contributed by atoms with E-state index in [1.807, 2.05) is 0 Å². The van der Waals surface area contributed by atoms with Gasteiger partial charge in [0.15, 0.2) is 0 Å². The largest absolute Gasteiger partial charge is 0.469 e. The molecule has 0 saturated carbocycles. The van der Waals surface area contributed by atoms with Crippen LogP contribution in [0.5, 0.6) is 0 Å². The van der Waals surface area contributed by atoms with E-state index in [2.05, 4.69) is 4.74 Å². The molecule has 0 bridgehead atoms. The smallest absolute Gasteiger partial charge is 0.305 e. The molecule has 0 amide bonds. The predicted octanol–water partition coefficient (Wildman–Crippen LogP) is -0.144. The molecule has 0 fully saturated rings. The molecule has 0 saturated heterocycles. The lowest BCUT2D eigenvalue weighted by molar-refractivity contribution is -0.140. The highest BCUT2D eigenvalue weighted by molar-refractivity contribution is 5.81. The zero-order valence-corrected chi connectivity index (χ0v) is 6.79. The molecule has 2 N–H and O–H groups in total. The Labute approximate surface area is 65.7 Å². The van der Waals surface area contributed by atoms with Gasteiger partial charge in [0.1, 0.15) is 5.78 Å². The number of hydrogen-bond acceptors (Lipinski definition) is 4. The summed E-state index contributed by atoms with van der Waals surface area (Å²) >= 11 is 0. The maximum absolute atomic E-state index is 10.6. The van der Waals surface area contributed by atoms with E-state index in [1.165, 1.54) is 14.0 Å². The maximum atomic E-state index is 10.6. The number of carbonyl (C=O) groups excluding carboxylic acids is 2. The average Bonchev–Trinajstić information content (AvgIpc) is 1.99. The van der Waals surface area contributed by atoms with E-state index in [4.69, 9.17) is 5.73 Å². The Balaban J connectivity index is 3.54. The van der Waals surface area contributed by atoms with Crippen molar-refractivity contribution in [2.75, 3.05) is 7.11 Å². The van der Waals surface area contributed by atoms with Crippen molar-refractivity contribution < 1.29 is 14.3 Å². The van der Waals surface area contributed by atoms with Gasteiger partial charge in [0, 0.05) is 6.42 Å². The first-order valence-electron chi connectivity index (χ1n) is 3.40. The van der Waals surface area contributed by atoms with Gasteiger partial charge in [-0.1, -0.05) is 0 Å². The van der Waals surface area contributed by atoms with E-state index in [0.29, 0.717) is 6.42 Å². The van der Waals surface area contributed by atoms with Crippen molar-refractivity contribution in [3.63, 3.8) is 0 Å². The molecule has 1 unspecified atom stereocenters. The summed E-state index contributed by atoms with van der Waals surface area (Å²) in [6, 6.07) is -0.533. The number of hydrogen-bond donors (Lipinski definition) is 1. The van der Waals surface area contributed by atoms with Crippen LogP contribution in [0.2, 0.25) is 0 Å². The van der Waals surface area contributed by atoms with E-state index in [0.717, 1.165) is 0 Å². The van der Waals surface area contributed by atoms with E-state index in [9.17, 15) is 9.59 Å². The van der Waals surface area contributed by atoms with Crippen molar-refractivity contribution in [3.8, 4) is 0 Å². The van der Waals surface area contributed by atoms with Gasteiger partial charge in [0.05, 0.1) is 13.2 Å². The summed E-state index contributed by atoms with van der Waals surface area (Å²) in [4.78, 5) is 21.1. The molecular weight excluding hydrogens is 146 g/mol. The third-order valence-electron chi connectivity index (χ3n) is 1.41. The van der Waals surface area contributed by atoms with Crippen LogP contribution in [0.4, 0.5) is 0 Å². The molecule has 0 radical (unpaired) electrons. The Bertz CT molecular complexity index is 156. The Morgan fingerprint density at radius 2 is 2.09 bits per heavy atom. The normalized spacial score (nSPS) is 12.3. The SMILES string of the molecule is COC(=O)CCC(N)C(C)=O. The Hall–Kier alpha value is -0.900. The highest BCUT2D eigenvalue weighted by Gasteiger charge is 2.10. The van der Waals surface area contributed by atoms with Crippen molar-refractivity contribution in [2.45, 2.75) is 25.8 Å². The van der Waals surface area contributed by atoms with E-state index in [-0.39, 0.29) is 18.2 Å². The number of rotatable bonds is 4. The number of esters is 1. The Morgan fingerprint density at radius 3 is 2.45 bits per heavy atom. The molecule has 4 heteroatoms. The fourth-order valence-corrected chi connectivity index (χ4v) is 0.579. The van der Waals surface area contributed by atoms with Crippen molar-refractivity contribution in [1.82, 2.24) is 0 Å². The van der Waals surface area contributed by atoms with E-state index < -0.39 is 6.04 Å². The quantitative estimate of drug-likeness (QED) is 0.579. The van der Waals surface area contributed by atoms with Gasteiger partial charge in [-0.3, -0.25) is 9.59 Å². The molecule has 0 aromatic rings. The van der Waals surface area contributed by atoms with E-state index >= 15 is 0 Å². The van der Waals surface area contributed by atoms with Crippen molar-refractivity contribution in [3.05, 3.63) is 0 Å². The topological polar surface area (TPSA) is 69.4 Å². The highest BCUT2D eigenvalue weighted by atomic mass is 16.5. The molecule has 0 aliphatic heterocycles. The monoisotopic (exact) mass is 159 g/mol. The van der Waals surface area contributed by atoms with Crippen LogP contribution in [-0.2, 0) is 14.3 Å². The molecule has 4 nitrogen and oxygen atoms in total. The number of ketones is 1. The summed E-state index contributed by atoms with van der Waals surface area (Å²) in [6.45, 7) is 1.40. The van der Waals surface area contributed by atoms with Gasteiger partial charge < -0.3 is 10.5 Å². The summed E-state index contributed by atoms with van der Waals surface area (Å²) < 4.78 is 4.37. The fourth-order valence-electron chi connectivity index (χ4n) is 0.579. The molecule has 0 rings (SSSR count). The third-order valence-corrected chi connectivity index (χ3v) is 1.41. The summed E-state index contributed by atoms with van der Waals surface area (Å²) in [5, 5.41) is 0. The predicted molar refractivity (Wildman–Crippen MR) is 39.9 cm³/mol. The molecule has 0 aliphatic rings. The van der Waals surface area contributed by atoms with Crippen LogP contribution in [0.3, 0.4) is 0 Å². The first-order valence-corrected chi connectivity index (χ1v) is 3.40. The first-order chi connectivity index (χ1) is 5.07. The van der Waals surface area contributed by atoms with Gasteiger partial charge in [-0.25, -0.2) is 0 Å².